The zero-order valence-electron chi connectivity index (χ0n) is 16.0. The van der Waals surface area contributed by atoms with E-state index in [1.54, 1.807) is 0 Å². The van der Waals surface area contributed by atoms with Gasteiger partial charge in [0.25, 0.3) is 0 Å². The Morgan fingerprint density at radius 1 is 1.08 bits per heavy atom. The minimum absolute atomic E-state index is 0.712. The molecule has 4 nitrogen and oxygen atoms in total. The number of aryl methyl sites for hydroxylation is 3. The number of piperidine rings is 1. The second-order valence-corrected chi connectivity index (χ2v) is 7.14. The van der Waals surface area contributed by atoms with E-state index < -0.39 is 0 Å². The molecular formula is C21H30N4. The second kappa shape index (κ2) is 7.85. The molecule has 0 radical (unpaired) electrons. The van der Waals surface area contributed by atoms with Crippen molar-refractivity contribution < 1.29 is 0 Å². The second-order valence-electron chi connectivity index (χ2n) is 7.14. The van der Waals surface area contributed by atoms with E-state index in [1.165, 1.54) is 29.7 Å². The van der Waals surface area contributed by atoms with E-state index in [9.17, 15) is 0 Å². The highest BCUT2D eigenvalue weighted by atomic mass is 15.2. The van der Waals surface area contributed by atoms with Gasteiger partial charge in [0.05, 0.1) is 0 Å². The molecule has 3 rings (SSSR count). The summed E-state index contributed by atoms with van der Waals surface area (Å²) in [5.41, 5.74) is 4.82. The van der Waals surface area contributed by atoms with E-state index in [1.807, 2.05) is 0 Å². The summed E-state index contributed by atoms with van der Waals surface area (Å²) < 4.78 is 0. The van der Waals surface area contributed by atoms with Gasteiger partial charge >= 0.3 is 0 Å². The highest BCUT2D eigenvalue weighted by molar-refractivity contribution is 5.64. The largest absolute Gasteiger partial charge is 0.356 e. The molecule has 1 fully saturated rings. The van der Waals surface area contributed by atoms with E-state index >= 15 is 0 Å². The van der Waals surface area contributed by atoms with Gasteiger partial charge in [-0.2, -0.15) is 4.98 Å². The summed E-state index contributed by atoms with van der Waals surface area (Å²) in [5.74, 6) is 2.58. The summed E-state index contributed by atoms with van der Waals surface area (Å²) in [6.45, 7) is 10.9. The Morgan fingerprint density at radius 2 is 1.72 bits per heavy atom. The molecule has 0 unspecified atom stereocenters. The van der Waals surface area contributed by atoms with E-state index in [4.69, 9.17) is 4.98 Å². The number of benzene rings is 1. The van der Waals surface area contributed by atoms with Gasteiger partial charge < -0.3 is 10.2 Å². The molecule has 1 aliphatic heterocycles. The molecule has 0 amide bonds. The van der Waals surface area contributed by atoms with E-state index in [-0.39, 0.29) is 0 Å². The van der Waals surface area contributed by atoms with Gasteiger partial charge in [-0.25, -0.2) is 4.98 Å². The zero-order valence-corrected chi connectivity index (χ0v) is 16.0. The Morgan fingerprint density at radius 3 is 2.32 bits per heavy atom. The van der Waals surface area contributed by atoms with Crippen LogP contribution in [-0.4, -0.2) is 23.1 Å². The number of para-hydroxylation sites is 1. The fourth-order valence-electron chi connectivity index (χ4n) is 3.52. The van der Waals surface area contributed by atoms with Gasteiger partial charge in [-0.3, -0.25) is 0 Å². The van der Waals surface area contributed by atoms with Crippen molar-refractivity contribution >= 4 is 17.5 Å². The molecule has 0 atom stereocenters. The van der Waals surface area contributed by atoms with Crippen LogP contribution < -0.4 is 10.2 Å². The maximum Gasteiger partial charge on any atom is 0.229 e. The fraction of sp³-hybridized carbons (Fsp3) is 0.524. The zero-order chi connectivity index (χ0) is 17.8. The minimum Gasteiger partial charge on any atom is -0.356 e. The summed E-state index contributed by atoms with van der Waals surface area (Å²) in [6.07, 6.45) is 4.48. The van der Waals surface area contributed by atoms with Crippen LogP contribution in [0.2, 0.25) is 0 Å². The lowest BCUT2D eigenvalue weighted by Crippen LogP contribution is -2.33. The average molecular weight is 338 g/mol. The molecule has 0 spiro atoms. The Bertz CT molecular complexity index is 696. The highest BCUT2D eigenvalue weighted by Crippen LogP contribution is 2.27. The molecule has 2 aromatic rings. The van der Waals surface area contributed by atoms with E-state index in [2.05, 4.69) is 67.2 Å². The Balaban J connectivity index is 1.89. The first-order valence-electron chi connectivity index (χ1n) is 9.59. The van der Waals surface area contributed by atoms with Crippen LogP contribution in [0.4, 0.5) is 17.5 Å². The van der Waals surface area contributed by atoms with Gasteiger partial charge in [-0.05, 0) is 49.7 Å². The maximum atomic E-state index is 4.83. The fourth-order valence-corrected chi connectivity index (χ4v) is 3.52. The number of anilines is 3. The maximum absolute atomic E-state index is 4.83. The predicted molar refractivity (Wildman–Crippen MR) is 106 cm³/mol. The van der Waals surface area contributed by atoms with Gasteiger partial charge in [0, 0.05) is 30.5 Å². The normalized spacial score (nSPS) is 15.4. The van der Waals surface area contributed by atoms with Crippen molar-refractivity contribution in [1.82, 2.24) is 9.97 Å². The van der Waals surface area contributed by atoms with Crippen molar-refractivity contribution in [3.05, 3.63) is 41.1 Å². The third kappa shape index (κ3) is 4.12. The van der Waals surface area contributed by atoms with Gasteiger partial charge in [-0.1, -0.05) is 39.0 Å². The quantitative estimate of drug-likeness (QED) is 0.843. The van der Waals surface area contributed by atoms with Gasteiger partial charge in [-0.15, -0.1) is 0 Å². The van der Waals surface area contributed by atoms with Crippen LogP contribution in [0.15, 0.2) is 24.3 Å². The molecule has 25 heavy (non-hydrogen) atoms. The molecule has 1 N–H and O–H groups in total. The summed E-state index contributed by atoms with van der Waals surface area (Å²) in [4.78, 5) is 11.9. The first-order valence-corrected chi connectivity index (χ1v) is 9.59. The molecule has 2 heterocycles. The van der Waals surface area contributed by atoms with E-state index in [0.29, 0.717) is 5.95 Å². The number of aromatic nitrogens is 2. The molecule has 134 valence electrons. The Labute approximate surface area is 151 Å². The van der Waals surface area contributed by atoms with Crippen molar-refractivity contribution in [2.45, 2.75) is 53.4 Å². The Kier molecular flexibility index (Phi) is 5.57. The summed E-state index contributed by atoms with van der Waals surface area (Å²) >= 11 is 0. The highest BCUT2D eigenvalue weighted by Gasteiger charge is 2.18. The van der Waals surface area contributed by atoms with Crippen molar-refractivity contribution in [3.8, 4) is 0 Å². The smallest absolute Gasteiger partial charge is 0.229 e. The van der Waals surface area contributed by atoms with Gasteiger partial charge in [0.15, 0.2) is 0 Å². The predicted octanol–water partition coefficient (Wildman–Crippen LogP) is 4.89. The van der Waals surface area contributed by atoms with Crippen molar-refractivity contribution in [1.29, 1.82) is 0 Å². The van der Waals surface area contributed by atoms with Crippen LogP contribution in [0, 0.1) is 12.8 Å². The summed E-state index contributed by atoms with van der Waals surface area (Å²) in [7, 11) is 0. The molecule has 1 aliphatic rings. The first-order chi connectivity index (χ1) is 12.1. The van der Waals surface area contributed by atoms with Crippen LogP contribution in [0.3, 0.4) is 0 Å². The van der Waals surface area contributed by atoms with Crippen molar-refractivity contribution in [2.75, 3.05) is 23.3 Å². The first kappa shape index (κ1) is 17.7. The minimum atomic E-state index is 0.712. The SMILES string of the molecule is CCc1cccc(CC)c1Nc1nc(C)cc(N2CCC(C)CC2)n1. The number of hydrogen-bond acceptors (Lipinski definition) is 4. The van der Waals surface area contributed by atoms with Crippen LogP contribution in [0.5, 0.6) is 0 Å². The lowest BCUT2D eigenvalue weighted by molar-refractivity contribution is 0.436. The molecule has 0 aliphatic carbocycles. The third-order valence-electron chi connectivity index (χ3n) is 5.18. The summed E-state index contributed by atoms with van der Waals surface area (Å²) in [6, 6.07) is 8.61. The molecular weight excluding hydrogens is 308 g/mol. The van der Waals surface area contributed by atoms with E-state index in [0.717, 1.165) is 43.4 Å². The molecule has 4 heteroatoms. The third-order valence-corrected chi connectivity index (χ3v) is 5.18. The average Bonchev–Trinajstić information content (AvgIpc) is 2.62. The summed E-state index contributed by atoms with van der Waals surface area (Å²) in [5, 5.41) is 3.52. The van der Waals surface area contributed by atoms with Crippen molar-refractivity contribution in [2.24, 2.45) is 5.92 Å². The molecule has 1 aromatic heterocycles. The lowest BCUT2D eigenvalue weighted by Gasteiger charge is -2.31. The van der Waals surface area contributed by atoms with Crippen molar-refractivity contribution in [3.63, 3.8) is 0 Å². The van der Waals surface area contributed by atoms with Crippen LogP contribution >= 0.6 is 0 Å². The number of hydrogen-bond donors (Lipinski definition) is 1. The van der Waals surface area contributed by atoms with Crippen LogP contribution in [0.1, 0.15) is 50.4 Å². The van der Waals surface area contributed by atoms with Crippen LogP contribution in [0.25, 0.3) is 0 Å². The topological polar surface area (TPSA) is 41.1 Å². The standard InChI is InChI=1S/C21H30N4/c1-5-17-8-7-9-18(6-2)20(17)24-21-22-16(4)14-19(23-21)25-12-10-15(3)11-13-25/h7-9,14-15H,5-6,10-13H2,1-4H3,(H,22,23,24). The van der Waals surface area contributed by atoms with Crippen LogP contribution in [-0.2, 0) is 12.8 Å². The molecule has 1 saturated heterocycles. The molecule has 0 bridgehead atoms. The number of nitrogens with one attached hydrogen (secondary N) is 1. The number of rotatable bonds is 5. The number of nitrogens with zero attached hydrogens (tertiary/aromatic N) is 3. The molecule has 1 aromatic carbocycles. The molecule has 0 saturated carbocycles. The Hall–Kier alpha value is -2.10. The van der Waals surface area contributed by atoms with Gasteiger partial charge in [0.1, 0.15) is 5.82 Å². The lowest BCUT2D eigenvalue weighted by atomic mass is 9.99. The monoisotopic (exact) mass is 338 g/mol. The van der Waals surface area contributed by atoms with Gasteiger partial charge in [0.2, 0.25) is 5.95 Å².